The first-order chi connectivity index (χ1) is 18.6. The average molecular weight is 543 g/mol. The summed E-state index contributed by atoms with van der Waals surface area (Å²) in [5, 5.41) is 5.56. The van der Waals surface area contributed by atoms with Crippen LogP contribution in [0.2, 0.25) is 0 Å². The van der Waals surface area contributed by atoms with Gasteiger partial charge in [0.25, 0.3) is 5.56 Å². The maximum absolute atomic E-state index is 14.5. The summed E-state index contributed by atoms with van der Waals surface area (Å²) in [6.45, 7) is 0.699. The fourth-order valence-electron chi connectivity index (χ4n) is 5.05. The van der Waals surface area contributed by atoms with E-state index in [-0.39, 0.29) is 25.1 Å². The highest BCUT2D eigenvalue weighted by atomic mass is 32.1. The van der Waals surface area contributed by atoms with E-state index in [0.717, 1.165) is 22.9 Å². The van der Waals surface area contributed by atoms with Gasteiger partial charge in [-0.15, -0.1) is 0 Å². The van der Waals surface area contributed by atoms with Crippen LogP contribution in [0.25, 0.3) is 33.4 Å². The van der Waals surface area contributed by atoms with E-state index in [0.29, 0.717) is 35.4 Å². The molecule has 0 saturated carbocycles. The SMILES string of the molecule is COc1ccc(-c2c[nH]c3ncnc(N4CC[C@H]4c4nn5ccc(F)c5c(=O)n4-c4ccccc4)c23)cn1.S. The monoisotopic (exact) mass is 542 g/mol. The number of H-pyrrole nitrogens is 1. The Balaban J connectivity index is 0.00000277. The Labute approximate surface area is 228 Å². The number of rotatable bonds is 5. The molecule has 12 heteroatoms. The van der Waals surface area contributed by atoms with Crippen LogP contribution in [0.5, 0.6) is 5.88 Å². The van der Waals surface area contributed by atoms with Crippen LogP contribution >= 0.6 is 13.5 Å². The van der Waals surface area contributed by atoms with Crippen molar-refractivity contribution in [2.45, 2.75) is 12.5 Å². The highest BCUT2D eigenvalue weighted by Crippen LogP contribution is 2.42. The Hall–Kier alpha value is -4.71. The quantitative estimate of drug-likeness (QED) is 0.351. The molecule has 1 aliphatic rings. The van der Waals surface area contributed by atoms with Crippen molar-refractivity contribution in [3.05, 3.63) is 95.4 Å². The predicted molar refractivity (Wildman–Crippen MR) is 150 cm³/mol. The van der Waals surface area contributed by atoms with Gasteiger partial charge in [-0.1, -0.05) is 18.2 Å². The van der Waals surface area contributed by atoms with Gasteiger partial charge < -0.3 is 14.6 Å². The van der Waals surface area contributed by atoms with Crippen LogP contribution in [-0.2, 0) is 0 Å². The zero-order chi connectivity index (χ0) is 25.8. The predicted octanol–water partition coefficient (Wildman–Crippen LogP) is 4.03. The third-order valence-corrected chi connectivity index (χ3v) is 6.97. The molecule has 1 aromatic carbocycles. The number of pyridine rings is 1. The van der Waals surface area contributed by atoms with E-state index < -0.39 is 11.4 Å². The number of aromatic amines is 1. The lowest BCUT2D eigenvalue weighted by molar-refractivity contribution is 0.398. The van der Waals surface area contributed by atoms with E-state index in [1.165, 1.54) is 27.7 Å². The van der Waals surface area contributed by atoms with Crippen molar-refractivity contribution >= 4 is 35.9 Å². The summed E-state index contributed by atoms with van der Waals surface area (Å²) in [5.41, 5.74) is 2.53. The normalized spacial score (nSPS) is 14.8. The number of nitrogens with zero attached hydrogens (tertiary/aromatic N) is 7. The smallest absolute Gasteiger partial charge is 0.285 e. The minimum absolute atomic E-state index is 0. The van der Waals surface area contributed by atoms with Gasteiger partial charge in [-0.25, -0.2) is 23.9 Å². The van der Waals surface area contributed by atoms with Crippen LogP contribution in [0.15, 0.2) is 78.2 Å². The van der Waals surface area contributed by atoms with Crippen molar-refractivity contribution in [2.24, 2.45) is 0 Å². The largest absolute Gasteiger partial charge is 0.481 e. The van der Waals surface area contributed by atoms with Crippen molar-refractivity contribution < 1.29 is 9.13 Å². The van der Waals surface area contributed by atoms with E-state index in [1.807, 2.05) is 42.6 Å². The molecule has 5 aromatic heterocycles. The molecule has 196 valence electrons. The molecule has 1 atom stereocenters. The minimum atomic E-state index is -0.605. The van der Waals surface area contributed by atoms with Crippen LogP contribution in [0.1, 0.15) is 18.3 Å². The Morgan fingerprint density at radius 1 is 1.08 bits per heavy atom. The molecule has 7 rings (SSSR count). The van der Waals surface area contributed by atoms with Crippen LogP contribution in [0.3, 0.4) is 0 Å². The van der Waals surface area contributed by atoms with Crippen LogP contribution in [0, 0.1) is 5.82 Å². The Morgan fingerprint density at radius 2 is 1.92 bits per heavy atom. The van der Waals surface area contributed by atoms with E-state index in [9.17, 15) is 9.18 Å². The van der Waals surface area contributed by atoms with E-state index in [2.05, 4.69) is 24.8 Å². The first kappa shape index (κ1) is 24.6. The standard InChI is InChI=1S/C27H21FN8O2.H2S/c1-38-21-8-7-16(13-29-21)18-14-30-24-22(18)26(32-15-31-24)34-11-10-20(34)25-33-35-12-9-19(28)23(35)27(37)36(25)17-5-3-2-4-6-17;/h2-9,12-15,20H,10-11H2,1H3,(H,30,31,32);1H2/t20-;/m0./s1. The van der Waals surface area contributed by atoms with Gasteiger partial charge >= 0.3 is 0 Å². The fraction of sp³-hybridized carbons (Fsp3) is 0.148. The van der Waals surface area contributed by atoms with Gasteiger partial charge in [-0.2, -0.15) is 18.6 Å². The van der Waals surface area contributed by atoms with Gasteiger partial charge in [0.15, 0.2) is 17.2 Å². The zero-order valence-corrected chi connectivity index (χ0v) is 21.7. The summed E-state index contributed by atoms with van der Waals surface area (Å²) >= 11 is 0. The lowest BCUT2D eigenvalue weighted by atomic mass is 10.00. The summed E-state index contributed by atoms with van der Waals surface area (Å²) < 4.78 is 22.6. The highest BCUT2D eigenvalue weighted by Gasteiger charge is 2.37. The van der Waals surface area contributed by atoms with Crippen molar-refractivity contribution in [1.29, 1.82) is 0 Å². The van der Waals surface area contributed by atoms with Crippen molar-refractivity contribution in [3.63, 3.8) is 0 Å². The number of hydrogen-bond acceptors (Lipinski definition) is 7. The molecule has 39 heavy (non-hydrogen) atoms. The van der Waals surface area contributed by atoms with Crippen LogP contribution in [0.4, 0.5) is 10.2 Å². The van der Waals surface area contributed by atoms with Gasteiger partial charge in [-0.05, 0) is 30.7 Å². The van der Waals surface area contributed by atoms with Gasteiger partial charge in [-0.3, -0.25) is 9.36 Å². The van der Waals surface area contributed by atoms with Gasteiger partial charge in [0.05, 0.1) is 24.2 Å². The number of fused-ring (bicyclic) bond motifs is 2. The molecule has 0 spiro atoms. The second-order valence-electron chi connectivity index (χ2n) is 9.00. The summed E-state index contributed by atoms with van der Waals surface area (Å²) in [5.74, 6) is 1.14. The molecule has 0 aliphatic carbocycles. The number of methoxy groups -OCH3 is 1. The minimum Gasteiger partial charge on any atom is -0.481 e. The summed E-state index contributed by atoms with van der Waals surface area (Å²) in [7, 11) is 1.58. The second kappa shape index (κ2) is 9.55. The molecule has 1 N–H and O–H groups in total. The topological polar surface area (TPSA) is 106 Å². The molecule has 0 unspecified atom stereocenters. The summed E-state index contributed by atoms with van der Waals surface area (Å²) in [6.07, 6.45) is 7.35. The molecular weight excluding hydrogens is 519 g/mol. The third-order valence-electron chi connectivity index (χ3n) is 6.97. The summed E-state index contributed by atoms with van der Waals surface area (Å²) in [4.78, 5) is 32.3. The van der Waals surface area contributed by atoms with Gasteiger partial charge in [0.1, 0.15) is 17.8 Å². The number of hydrogen-bond donors (Lipinski definition) is 1. The van der Waals surface area contributed by atoms with Crippen molar-refractivity contribution in [3.8, 4) is 22.7 Å². The van der Waals surface area contributed by atoms with Crippen LogP contribution < -0.4 is 15.2 Å². The van der Waals surface area contributed by atoms with E-state index in [4.69, 9.17) is 9.84 Å². The number of aromatic nitrogens is 7. The van der Waals surface area contributed by atoms with Crippen molar-refractivity contribution in [1.82, 2.24) is 34.1 Å². The Morgan fingerprint density at radius 3 is 2.64 bits per heavy atom. The van der Waals surface area contributed by atoms with Crippen LogP contribution in [-0.4, -0.2) is 47.8 Å². The average Bonchev–Trinajstić information content (AvgIpc) is 3.53. The molecule has 0 radical (unpaired) electrons. The molecule has 1 saturated heterocycles. The fourth-order valence-corrected chi connectivity index (χ4v) is 5.05. The van der Waals surface area contributed by atoms with E-state index in [1.54, 1.807) is 19.4 Å². The molecule has 0 amide bonds. The summed E-state index contributed by atoms with van der Waals surface area (Å²) in [6, 6.07) is 13.9. The number of nitrogens with one attached hydrogen (secondary N) is 1. The molecule has 6 aromatic rings. The number of benzene rings is 1. The van der Waals surface area contributed by atoms with Gasteiger partial charge in [0, 0.05) is 42.3 Å². The first-order valence-corrected chi connectivity index (χ1v) is 12.1. The number of ether oxygens (including phenoxy) is 1. The number of halogens is 1. The maximum atomic E-state index is 14.5. The second-order valence-corrected chi connectivity index (χ2v) is 9.00. The molecule has 1 aliphatic heterocycles. The molecule has 1 fully saturated rings. The molecule has 6 heterocycles. The van der Waals surface area contributed by atoms with E-state index >= 15 is 0 Å². The lowest BCUT2D eigenvalue weighted by Crippen LogP contribution is -2.45. The van der Waals surface area contributed by atoms with Crippen molar-refractivity contribution in [2.75, 3.05) is 18.6 Å². The number of para-hydroxylation sites is 1. The Bertz CT molecular complexity index is 1870. The molecule has 10 nitrogen and oxygen atoms in total. The molecule has 0 bridgehead atoms. The number of anilines is 1. The maximum Gasteiger partial charge on any atom is 0.285 e. The Kier molecular flexibility index (Phi) is 6.03. The molecular formula is C27H23FN8O2S. The van der Waals surface area contributed by atoms with Gasteiger partial charge in [0.2, 0.25) is 5.88 Å². The zero-order valence-electron chi connectivity index (χ0n) is 20.7. The highest BCUT2D eigenvalue weighted by molar-refractivity contribution is 7.59. The first-order valence-electron chi connectivity index (χ1n) is 12.1. The third kappa shape index (κ3) is 3.83. The lowest BCUT2D eigenvalue weighted by Gasteiger charge is -2.42.